The number of benzene rings is 1. The molecule has 0 bridgehead atoms. The topological polar surface area (TPSA) is 52.3 Å². The summed E-state index contributed by atoms with van der Waals surface area (Å²) in [5.74, 6) is -0.256. The lowest BCUT2D eigenvalue weighted by atomic mass is 10.0. The van der Waals surface area contributed by atoms with Gasteiger partial charge in [0.05, 0.1) is 0 Å². The van der Waals surface area contributed by atoms with E-state index in [9.17, 15) is 4.79 Å². The first-order valence-electron chi connectivity index (χ1n) is 5.71. The molecule has 2 atom stereocenters. The number of halogens is 1. The molecule has 0 aromatic heterocycles. The number of ether oxygens (including phenoxy) is 1. The van der Waals surface area contributed by atoms with Gasteiger partial charge in [-0.2, -0.15) is 0 Å². The van der Waals surface area contributed by atoms with E-state index >= 15 is 0 Å². The molecular formula is C13H18ClNO2. The number of carbonyl (C=O) groups is 1. The summed E-state index contributed by atoms with van der Waals surface area (Å²) >= 11 is 5.95. The first-order chi connectivity index (χ1) is 8.06. The molecule has 0 aliphatic heterocycles. The van der Waals surface area contributed by atoms with Crippen molar-refractivity contribution >= 4 is 17.6 Å². The number of nitrogens with two attached hydrogens (primary N) is 1. The number of esters is 1. The Bertz CT molecular complexity index is 381. The fourth-order valence-electron chi connectivity index (χ4n) is 1.35. The summed E-state index contributed by atoms with van der Waals surface area (Å²) in [4.78, 5) is 11.6. The van der Waals surface area contributed by atoms with Crippen molar-refractivity contribution in [3.8, 4) is 0 Å². The maximum absolute atomic E-state index is 11.6. The van der Waals surface area contributed by atoms with E-state index in [0.717, 1.165) is 12.0 Å². The highest BCUT2D eigenvalue weighted by Gasteiger charge is 2.20. The van der Waals surface area contributed by atoms with Crippen LogP contribution in [-0.4, -0.2) is 12.0 Å². The second kappa shape index (κ2) is 6.62. The Labute approximate surface area is 107 Å². The lowest BCUT2D eigenvalue weighted by molar-refractivity contribution is -0.147. The molecule has 0 aliphatic carbocycles. The number of hydrogen-bond acceptors (Lipinski definition) is 3. The minimum atomic E-state index is -0.567. The Hall–Kier alpha value is -1.06. The summed E-state index contributed by atoms with van der Waals surface area (Å²) in [6, 6.07) is 6.70. The molecule has 0 radical (unpaired) electrons. The SMILES string of the molecule is CC[C@H](C)[C@H](N)C(=O)OCc1ccccc1Cl. The first kappa shape index (κ1) is 14.0. The van der Waals surface area contributed by atoms with Gasteiger partial charge in [-0.1, -0.05) is 50.1 Å². The Morgan fingerprint density at radius 2 is 2.12 bits per heavy atom. The summed E-state index contributed by atoms with van der Waals surface area (Å²) in [7, 11) is 0. The largest absolute Gasteiger partial charge is 0.460 e. The smallest absolute Gasteiger partial charge is 0.323 e. The lowest BCUT2D eigenvalue weighted by Crippen LogP contribution is -2.37. The first-order valence-corrected chi connectivity index (χ1v) is 6.09. The van der Waals surface area contributed by atoms with Crippen LogP contribution in [0.4, 0.5) is 0 Å². The van der Waals surface area contributed by atoms with E-state index in [0.29, 0.717) is 5.02 Å². The normalized spacial score (nSPS) is 14.1. The molecule has 17 heavy (non-hydrogen) atoms. The van der Waals surface area contributed by atoms with E-state index < -0.39 is 6.04 Å². The van der Waals surface area contributed by atoms with Gasteiger partial charge in [0.25, 0.3) is 0 Å². The Balaban J connectivity index is 2.51. The van der Waals surface area contributed by atoms with E-state index in [1.807, 2.05) is 32.0 Å². The second-order valence-electron chi connectivity index (χ2n) is 4.11. The fourth-order valence-corrected chi connectivity index (χ4v) is 1.54. The highest BCUT2D eigenvalue weighted by atomic mass is 35.5. The van der Waals surface area contributed by atoms with Gasteiger partial charge < -0.3 is 10.5 Å². The summed E-state index contributed by atoms with van der Waals surface area (Å²) in [6.07, 6.45) is 0.850. The van der Waals surface area contributed by atoms with Gasteiger partial charge in [-0.15, -0.1) is 0 Å². The van der Waals surface area contributed by atoms with Crippen LogP contribution >= 0.6 is 11.6 Å². The molecule has 2 N–H and O–H groups in total. The van der Waals surface area contributed by atoms with Crippen molar-refractivity contribution < 1.29 is 9.53 Å². The molecule has 1 aromatic rings. The highest BCUT2D eigenvalue weighted by Crippen LogP contribution is 2.16. The predicted molar refractivity (Wildman–Crippen MR) is 68.7 cm³/mol. The molecule has 0 aliphatic rings. The van der Waals surface area contributed by atoms with Gasteiger partial charge in [-0.3, -0.25) is 4.79 Å². The van der Waals surface area contributed by atoms with Crippen LogP contribution in [0.1, 0.15) is 25.8 Å². The molecule has 0 saturated carbocycles. The second-order valence-corrected chi connectivity index (χ2v) is 4.52. The van der Waals surface area contributed by atoms with Crippen LogP contribution in [0, 0.1) is 5.92 Å². The van der Waals surface area contributed by atoms with Crippen LogP contribution in [0.2, 0.25) is 5.02 Å². The molecule has 0 spiro atoms. The maximum atomic E-state index is 11.6. The van der Waals surface area contributed by atoms with E-state index in [4.69, 9.17) is 22.1 Å². The molecule has 0 heterocycles. The van der Waals surface area contributed by atoms with Gasteiger partial charge in [-0.25, -0.2) is 0 Å². The molecule has 94 valence electrons. The quantitative estimate of drug-likeness (QED) is 0.823. The summed E-state index contributed by atoms with van der Waals surface area (Å²) in [6.45, 7) is 4.09. The van der Waals surface area contributed by atoms with Crippen molar-refractivity contribution in [3.05, 3.63) is 34.9 Å². The number of carbonyl (C=O) groups excluding carboxylic acids is 1. The third-order valence-corrected chi connectivity index (χ3v) is 3.23. The van der Waals surface area contributed by atoms with Gasteiger partial charge in [0.15, 0.2) is 0 Å². The average molecular weight is 256 g/mol. The van der Waals surface area contributed by atoms with Crippen molar-refractivity contribution in [1.82, 2.24) is 0 Å². The summed E-state index contributed by atoms with van der Waals surface area (Å²) in [5.41, 5.74) is 6.56. The third kappa shape index (κ3) is 4.02. The third-order valence-electron chi connectivity index (χ3n) is 2.86. The zero-order valence-electron chi connectivity index (χ0n) is 10.2. The molecule has 0 fully saturated rings. The number of hydrogen-bond donors (Lipinski definition) is 1. The molecule has 4 heteroatoms. The van der Waals surface area contributed by atoms with Gasteiger partial charge >= 0.3 is 5.97 Å². The monoisotopic (exact) mass is 255 g/mol. The van der Waals surface area contributed by atoms with E-state index in [2.05, 4.69) is 0 Å². The molecular weight excluding hydrogens is 238 g/mol. The van der Waals surface area contributed by atoms with Gasteiger partial charge in [0.2, 0.25) is 0 Å². The Morgan fingerprint density at radius 3 is 2.71 bits per heavy atom. The zero-order valence-corrected chi connectivity index (χ0v) is 10.9. The van der Waals surface area contributed by atoms with Gasteiger partial charge in [-0.05, 0) is 12.0 Å². The Morgan fingerprint density at radius 1 is 1.47 bits per heavy atom. The van der Waals surface area contributed by atoms with Gasteiger partial charge in [0.1, 0.15) is 12.6 Å². The predicted octanol–water partition coefficient (Wildman–Crippen LogP) is 2.76. The van der Waals surface area contributed by atoms with E-state index in [1.54, 1.807) is 6.07 Å². The van der Waals surface area contributed by atoms with Crippen molar-refractivity contribution in [2.24, 2.45) is 11.7 Å². The zero-order chi connectivity index (χ0) is 12.8. The summed E-state index contributed by atoms with van der Waals surface area (Å²) in [5, 5.41) is 0.595. The van der Waals surface area contributed by atoms with E-state index in [-0.39, 0.29) is 18.5 Å². The Kier molecular flexibility index (Phi) is 5.45. The fraction of sp³-hybridized carbons (Fsp3) is 0.462. The van der Waals surface area contributed by atoms with E-state index in [1.165, 1.54) is 0 Å². The molecule has 0 unspecified atom stereocenters. The highest BCUT2D eigenvalue weighted by molar-refractivity contribution is 6.31. The lowest BCUT2D eigenvalue weighted by Gasteiger charge is -2.17. The maximum Gasteiger partial charge on any atom is 0.323 e. The van der Waals surface area contributed by atoms with Crippen LogP contribution in [0.15, 0.2) is 24.3 Å². The van der Waals surface area contributed by atoms with Crippen LogP contribution in [0.3, 0.4) is 0 Å². The minimum absolute atomic E-state index is 0.119. The molecule has 3 nitrogen and oxygen atoms in total. The number of rotatable bonds is 5. The minimum Gasteiger partial charge on any atom is -0.460 e. The molecule has 0 saturated heterocycles. The van der Waals surface area contributed by atoms with Crippen LogP contribution in [0.25, 0.3) is 0 Å². The van der Waals surface area contributed by atoms with Crippen molar-refractivity contribution in [2.45, 2.75) is 32.9 Å². The van der Waals surface area contributed by atoms with Crippen molar-refractivity contribution in [3.63, 3.8) is 0 Å². The molecule has 1 rings (SSSR count). The molecule has 1 aromatic carbocycles. The van der Waals surface area contributed by atoms with Crippen LogP contribution in [0.5, 0.6) is 0 Å². The standard InChI is InChI=1S/C13H18ClNO2/c1-3-9(2)12(15)13(16)17-8-10-6-4-5-7-11(10)14/h4-7,9,12H,3,8,15H2,1-2H3/t9-,12-/m0/s1. The van der Waals surface area contributed by atoms with Gasteiger partial charge in [0, 0.05) is 10.6 Å². The van der Waals surface area contributed by atoms with Crippen LogP contribution in [-0.2, 0) is 16.1 Å². The average Bonchev–Trinajstić information content (AvgIpc) is 2.35. The van der Waals surface area contributed by atoms with Crippen molar-refractivity contribution in [2.75, 3.05) is 0 Å². The molecule has 0 amide bonds. The van der Waals surface area contributed by atoms with Crippen LogP contribution < -0.4 is 5.73 Å². The summed E-state index contributed by atoms with van der Waals surface area (Å²) < 4.78 is 5.15. The van der Waals surface area contributed by atoms with Crippen molar-refractivity contribution in [1.29, 1.82) is 0 Å².